The van der Waals surface area contributed by atoms with Gasteiger partial charge in [0.15, 0.2) is 5.75 Å². The van der Waals surface area contributed by atoms with Crippen molar-refractivity contribution in [3.63, 3.8) is 0 Å². The van der Waals surface area contributed by atoms with Gasteiger partial charge in [-0.05, 0) is 30.5 Å². The van der Waals surface area contributed by atoms with Gasteiger partial charge in [0.05, 0.1) is 5.52 Å². The Hall–Kier alpha value is -1.50. The van der Waals surface area contributed by atoms with Crippen LogP contribution in [0.3, 0.4) is 0 Å². The molecule has 7 heteroatoms. The molecule has 0 radical (unpaired) electrons. The normalized spacial score (nSPS) is 15.0. The van der Waals surface area contributed by atoms with Gasteiger partial charge in [0.25, 0.3) is 5.56 Å². The molecule has 3 rings (SSSR count). The molecule has 1 saturated carbocycles. The summed E-state index contributed by atoms with van der Waals surface area (Å²) in [5.74, 6) is 0.128. The molecular weight excluding hydrogens is 334 g/mol. The van der Waals surface area contributed by atoms with E-state index < -0.39 is 6.61 Å². The third kappa shape index (κ3) is 2.54. The summed E-state index contributed by atoms with van der Waals surface area (Å²) in [7, 11) is 0. The van der Waals surface area contributed by atoms with Gasteiger partial charge >= 0.3 is 6.61 Å². The highest BCUT2D eigenvalue weighted by molar-refractivity contribution is 9.08. The number of hydrogen-bond acceptors (Lipinski definition) is 3. The van der Waals surface area contributed by atoms with Crippen LogP contribution in [0.4, 0.5) is 8.78 Å². The standard InChI is InChI=1S/C13H11BrF2N2O2/c14-5-6-3-8-11(9(4-6)20-13(15)16)18-10(7-1-2-7)12(19)17-8/h3-4,7,13H,1-2,5H2,(H,17,19). The summed E-state index contributed by atoms with van der Waals surface area (Å²) in [4.78, 5) is 18.9. The molecular formula is C13H11BrF2N2O2. The molecule has 2 aromatic rings. The van der Waals surface area contributed by atoms with Gasteiger partial charge in [-0.25, -0.2) is 4.98 Å². The van der Waals surface area contributed by atoms with Gasteiger partial charge in [0.1, 0.15) is 11.2 Å². The predicted molar refractivity (Wildman–Crippen MR) is 73.6 cm³/mol. The fourth-order valence-corrected chi connectivity index (χ4v) is 2.45. The van der Waals surface area contributed by atoms with Crippen molar-refractivity contribution in [3.8, 4) is 5.75 Å². The van der Waals surface area contributed by atoms with E-state index in [4.69, 9.17) is 0 Å². The van der Waals surface area contributed by atoms with Crippen LogP contribution in [0.25, 0.3) is 11.0 Å². The molecule has 0 aliphatic heterocycles. The number of nitrogens with one attached hydrogen (secondary N) is 1. The van der Waals surface area contributed by atoms with Crippen LogP contribution in [0.2, 0.25) is 0 Å². The van der Waals surface area contributed by atoms with Crippen LogP contribution in [-0.2, 0) is 5.33 Å². The highest BCUT2D eigenvalue weighted by Crippen LogP contribution is 2.38. The zero-order valence-electron chi connectivity index (χ0n) is 10.3. The number of aromatic amines is 1. The molecule has 0 atom stereocenters. The smallest absolute Gasteiger partial charge is 0.387 e. The first-order valence-electron chi connectivity index (χ1n) is 6.16. The van der Waals surface area contributed by atoms with E-state index in [1.165, 1.54) is 6.07 Å². The number of aromatic nitrogens is 2. The molecule has 0 unspecified atom stereocenters. The lowest BCUT2D eigenvalue weighted by atomic mass is 10.2. The first-order chi connectivity index (χ1) is 9.58. The minimum atomic E-state index is -2.93. The van der Waals surface area contributed by atoms with Crippen molar-refractivity contribution in [2.24, 2.45) is 0 Å². The van der Waals surface area contributed by atoms with E-state index in [1.807, 2.05) is 0 Å². The third-order valence-corrected chi connectivity index (χ3v) is 3.83. The SMILES string of the molecule is O=c1[nH]c2cc(CBr)cc(OC(F)F)c2nc1C1CC1. The van der Waals surface area contributed by atoms with Crippen molar-refractivity contribution in [3.05, 3.63) is 33.7 Å². The molecule has 1 aromatic heterocycles. The molecule has 1 aliphatic rings. The van der Waals surface area contributed by atoms with E-state index >= 15 is 0 Å². The molecule has 0 amide bonds. The average Bonchev–Trinajstić information content (AvgIpc) is 3.21. The molecule has 0 bridgehead atoms. The summed E-state index contributed by atoms with van der Waals surface area (Å²) in [6, 6.07) is 3.21. The van der Waals surface area contributed by atoms with Crippen LogP contribution in [0.1, 0.15) is 30.0 Å². The van der Waals surface area contributed by atoms with Crippen LogP contribution >= 0.6 is 15.9 Å². The second-order valence-electron chi connectivity index (χ2n) is 4.73. The third-order valence-electron chi connectivity index (χ3n) is 3.18. The highest BCUT2D eigenvalue weighted by atomic mass is 79.9. The number of hydrogen-bond donors (Lipinski definition) is 1. The lowest BCUT2D eigenvalue weighted by molar-refractivity contribution is -0.0489. The molecule has 4 nitrogen and oxygen atoms in total. The maximum Gasteiger partial charge on any atom is 0.387 e. The predicted octanol–water partition coefficient (Wildman–Crippen LogP) is 3.30. The Morgan fingerprint density at radius 2 is 2.20 bits per heavy atom. The second kappa shape index (κ2) is 5.12. The molecule has 0 spiro atoms. The van der Waals surface area contributed by atoms with Crippen LogP contribution in [0, 0.1) is 0 Å². The van der Waals surface area contributed by atoms with E-state index in [0.717, 1.165) is 18.4 Å². The van der Waals surface area contributed by atoms with Crippen molar-refractivity contribution in [1.82, 2.24) is 9.97 Å². The van der Waals surface area contributed by atoms with Crippen LogP contribution < -0.4 is 10.3 Å². The number of rotatable bonds is 4. The molecule has 1 aromatic carbocycles. The maximum atomic E-state index is 12.5. The van der Waals surface area contributed by atoms with E-state index in [-0.39, 0.29) is 22.7 Å². The molecule has 1 aliphatic carbocycles. The van der Waals surface area contributed by atoms with Crippen LogP contribution in [0.15, 0.2) is 16.9 Å². The van der Waals surface area contributed by atoms with Crippen molar-refractivity contribution in [2.75, 3.05) is 0 Å². The second-order valence-corrected chi connectivity index (χ2v) is 5.29. The summed E-state index contributed by atoms with van der Waals surface area (Å²) in [6.45, 7) is -2.93. The van der Waals surface area contributed by atoms with Crippen molar-refractivity contribution >= 4 is 27.0 Å². The zero-order valence-corrected chi connectivity index (χ0v) is 11.9. The van der Waals surface area contributed by atoms with Gasteiger partial charge in [0, 0.05) is 11.2 Å². The van der Waals surface area contributed by atoms with E-state index in [2.05, 4.69) is 30.6 Å². The summed E-state index contributed by atoms with van der Waals surface area (Å²) < 4.78 is 29.5. The lowest BCUT2D eigenvalue weighted by Gasteiger charge is -2.10. The van der Waals surface area contributed by atoms with Gasteiger partial charge in [-0.2, -0.15) is 8.78 Å². The molecule has 1 heterocycles. The monoisotopic (exact) mass is 344 g/mol. The fraction of sp³-hybridized carbons (Fsp3) is 0.385. The summed E-state index contributed by atoms with van der Waals surface area (Å²) in [6.07, 6.45) is 1.82. The minimum absolute atomic E-state index is 0.00917. The number of fused-ring (bicyclic) bond motifs is 1. The Morgan fingerprint density at radius 3 is 2.80 bits per heavy atom. The van der Waals surface area contributed by atoms with Gasteiger partial charge < -0.3 is 9.72 Å². The molecule has 1 fully saturated rings. The van der Waals surface area contributed by atoms with Crippen molar-refractivity contribution < 1.29 is 13.5 Å². The number of ether oxygens (including phenoxy) is 1. The van der Waals surface area contributed by atoms with Crippen molar-refractivity contribution in [2.45, 2.75) is 30.7 Å². The Kier molecular flexibility index (Phi) is 3.45. The minimum Gasteiger partial charge on any atom is -0.432 e. The summed E-state index contributed by atoms with van der Waals surface area (Å²) in [5.41, 5.74) is 1.56. The Bertz CT molecular complexity index is 713. The number of halogens is 3. The zero-order chi connectivity index (χ0) is 14.3. The van der Waals surface area contributed by atoms with E-state index in [0.29, 0.717) is 16.5 Å². The van der Waals surface area contributed by atoms with E-state index in [1.54, 1.807) is 6.07 Å². The Morgan fingerprint density at radius 1 is 1.45 bits per heavy atom. The quantitative estimate of drug-likeness (QED) is 0.866. The molecule has 1 N–H and O–H groups in total. The first-order valence-corrected chi connectivity index (χ1v) is 7.28. The van der Waals surface area contributed by atoms with E-state index in [9.17, 15) is 13.6 Å². The van der Waals surface area contributed by atoms with Crippen LogP contribution in [-0.4, -0.2) is 16.6 Å². The average molecular weight is 345 g/mol. The number of benzene rings is 1. The molecule has 20 heavy (non-hydrogen) atoms. The van der Waals surface area contributed by atoms with Crippen molar-refractivity contribution in [1.29, 1.82) is 0 Å². The van der Waals surface area contributed by atoms with Crippen LogP contribution in [0.5, 0.6) is 5.75 Å². The number of nitrogens with zero attached hydrogens (tertiary/aromatic N) is 1. The summed E-state index contributed by atoms with van der Waals surface area (Å²) in [5, 5.41) is 0.467. The van der Waals surface area contributed by atoms with Gasteiger partial charge in [0.2, 0.25) is 0 Å². The molecule has 0 saturated heterocycles. The summed E-state index contributed by atoms with van der Waals surface area (Å²) >= 11 is 3.25. The first kappa shape index (κ1) is 13.5. The molecule has 106 valence electrons. The Labute approximate surface area is 121 Å². The topological polar surface area (TPSA) is 55.0 Å². The van der Waals surface area contributed by atoms with Gasteiger partial charge in [-0.1, -0.05) is 15.9 Å². The lowest BCUT2D eigenvalue weighted by Crippen LogP contribution is -2.15. The van der Waals surface area contributed by atoms with Gasteiger partial charge in [-0.3, -0.25) is 4.79 Å². The maximum absolute atomic E-state index is 12.5. The number of alkyl halides is 3. The largest absolute Gasteiger partial charge is 0.432 e. The van der Waals surface area contributed by atoms with Gasteiger partial charge in [-0.15, -0.1) is 0 Å². The fourth-order valence-electron chi connectivity index (χ4n) is 2.13. The Balaban J connectivity index is 2.22. The number of H-pyrrole nitrogens is 1. The highest BCUT2D eigenvalue weighted by Gasteiger charge is 2.28.